The van der Waals surface area contributed by atoms with Gasteiger partial charge in [-0.3, -0.25) is 4.79 Å². The number of nitrogen functional groups attached to an aromatic ring is 1. The fourth-order valence-electron chi connectivity index (χ4n) is 1.66. The van der Waals surface area contributed by atoms with Gasteiger partial charge in [-0.05, 0) is 18.6 Å². The summed E-state index contributed by atoms with van der Waals surface area (Å²) in [6, 6.07) is 3.56. The number of benzene rings is 1. The Bertz CT molecular complexity index is 388. The van der Waals surface area contributed by atoms with E-state index in [1.807, 2.05) is 0 Å². The number of amides is 1. The third-order valence-corrected chi connectivity index (χ3v) is 2.40. The smallest absolute Gasteiger partial charge is 0.224 e. The minimum Gasteiger partial charge on any atom is -0.495 e. The molecule has 0 bridgehead atoms. The summed E-state index contributed by atoms with van der Waals surface area (Å²) in [5.74, 6) is 0.684. The molecule has 1 amide bonds. The molecule has 1 aliphatic rings. The number of nitrogens with one attached hydrogen (secondary N) is 1. The Morgan fingerprint density at radius 3 is 2.93 bits per heavy atom. The molecule has 0 spiro atoms. The van der Waals surface area contributed by atoms with Crippen molar-refractivity contribution in [3.05, 3.63) is 17.7 Å². The summed E-state index contributed by atoms with van der Waals surface area (Å²) in [6.07, 6.45) is 1.18. The van der Waals surface area contributed by atoms with Gasteiger partial charge in [0.1, 0.15) is 5.75 Å². The lowest BCUT2D eigenvalue weighted by atomic mass is 10.0. The molecule has 2 rings (SSSR count). The number of rotatable bonds is 1. The molecule has 0 saturated carbocycles. The molecule has 0 aliphatic carbocycles. The van der Waals surface area contributed by atoms with Crippen molar-refractivity contribution in [2.75, 3.05) is 18.2 Å². The highest BCUT2D eigenvalue weighted by Crippen LogP contribution is 2.35. The zero-order chi connectivity index (χ0) is 10.1. The number of fused-ring (bicyclic) bond motifs is 1. The monoisotopic (exact) mass is 192 g/mol. The van der Waals surface area contributed by atoms with Crippen LogP contribution in [0.2, 0.25) is 0 Å². The molecule has 0 atom stereocenters. The number of nitrogens with two attached hydrogens (primary N) is 1. The van der Waals surface area contributed by atoms with Gasteiger partial charge in [0, 0.05) is 17.7 Å². The standard InChI is InChI=1S/C10H12N2O2/c1-14-8-4-3-7(11)6-2-5-9(13)12-10(6)8/h3-4H,2,5,11H2,1H3,(H,12,13). The molecule has 1 heterocycles. The summed E-state index contributed by atoms with van der Waals surface area (Å²) in [4.78, 5) is 11.2. The molecule has 0 radical (unpaired) electrons. The summed E-state index contributed by atoms with van der Waals surface area (Å²) in [5, 5.41) is 2.78. The predicted octanol–water partition coefficient (Wildman–Crippen LogP) is 1.16. The lowest BCUT2D eigenvalue weighted by molar-refractivity contribution is -0.116. The van der Waals surface area contributed by atoms with Crippen LogP contribution in [-0.2, 0) is 11.2 Å². The van der Waals surface area contributed by atoms with Gasteiger partial charge in [0.2, 0.25) is 5.91 Å². The minimum absolute atomic E-state index is 0.0152. The number of carbonyl (C=O) groups is 1. The van der Waals surface area contributed by atoms with Crippen LogP contribution in [0, 0.1) is 0 Å². The van der Waals surface area contributed by atoms with Crippen LogP contribution < -0.4 is 15.8 Å². The third-order valence-electron chi connectivity index (χ3n) is 2.40. The van der Waals surface area contributed by atoms with Crippen LogP contribution in [0.25, 0.3) is 0 Å². The summed E-state index contributed by atoms with van der Waals surface area (Å²) in [5.41, 5.74) is 8.21. The highest BCUT2D eigenvalue weighted by atomic mass is 16.5. The Kier molecular flexibility index (Phi) is 2.04. The molecule has 74 valence electrons. The van der Waals surface area contributed by atoms with Crippen molar-refractivity contribution in [1.29, 1.82) is 0 Å². The van der Waals surface area contributed by atoms with Gasteiger partial charge in [0.05, 0.1) is 12.8 Å². The summed E-state index contributed by atoms with van der Waals surface area (Å²) in [6.45, 7) is 0. The highest BCUT2D eigenvalue weighted by molar-refractivity contribution is 5.97. The van der Waals surface area contributed by atoms with Crippen LogP contribution in [0.4, 0.5) is 11.4 Å². The molecule has 3 N–H and O–H groups in total. The Morgan fingerprint density at radius 1 is 1.43 bits per heavy atom. The van der Waals surface area contributed by atoms with Crippen LogP contribution in [-0.4, -0.2) is 13.0 Å². The Balaban J connectivity index is 2.54. The van der Waals surface area contributed by atoms with E-state index in [0.29, 0.717) is 24.3 Å². The van der Waals surface area contributed by atoms with Crippen molar-refractivity contribution >= 4 is 17.3 Å². The molecule has 0 aromatic heterocycles. The van der Waals surface area contributed by atoms with Crippen molar-refractivity contribution in [2.45, 2.75) is 12.8 Å². The Hall–Kier alpha value is -1.71. The van der Waals surface area contributed by atoms with Crippen LogP contribution in [0.15, 0.2) is 12.1 Å². The van der Waals surface area contributed by atoms with E-state index in [2.05, 4.69) is 5.32 Å². The average molecular weight is 192 g/mol. The SMILES string of the molecule is COc1ccc(N)c2c1NC(=O)CC2. The fourth-order valence-corrected chi connectivity index (χ4v) is 1.66. The van der Waals surface area contributed by atoms with E-state index in [0.717, 1.165) is 11.3 Å². The number of anilines is 2. The zero-order valence-corrected chi connectivity index (χ0v) is 7.96. The van der Waals surface area contributed by atoms with E-state index < -0.39 is 0 Å². The first-order valence-electron chi connectivity index (χ1n) is 4.47. The van der Waals surface area contributed by atoms with Gasteiger partial charge in [0.25, 0.3) is 0 Å². The van der Waals surface area contributed by atoms with Crippen molar-refractivity contribution in [2.24, 2.45) is 0 Å². The first-order chi connectivity index (χ1) is 6.72. The van der Waals surface area contributed by atoms with Crippen LogP contribution >= 0.6 is 0 Å². The zero-order valence-electron chi connectivity index (χ0n) is 7.96. The maximum absolute atomic E-state index is 11.2. The molecule has 1 aliphatic heterocycles. The van der Waals surface area contributed by atoms with E-state index in [1.54, 1.807) is 19.2 Å². The lowest BCUT2D eigenvalue weighted by Crippen LogP contribution is -2.20. The number of hydrogen-bond acceptors (Lipinski definition) is 3. The number of carbonyl (C=O) groups excluding carboxylic acids is 1. The fraction of sp³-hybridized carbons (Fsp3) is 0.300. The second-order valence-electron chi connectivity index (χ2n) is 3.26. The van der Waals surface area contributed by atoms with Gasteiger partial charge in [-0.1, -0.05) is 0 Å². The van der Waals surface area contributed by atoms with Crippen molar-refractivity contribution in [1.82, 2.24) is 0 Å². The van der Waals surface area contributed by atoms with Gasteiger partial charge >= 0.3 is 0 Å². The Morgan fingerprint density at radius 2 is 2.21 bits per heavy atom. The molecule has 4 heteroatoms. The maximum atomic E-state index is 11.2. The minimum atomic E-state index is 0.0152. The molecule has 0 saturated heterocycles. The van der Waals surface area contributed by atoms with E-state index in [9.17, 15) is 4.79 Å². The second-order valence-corrected chi connectivity index (χ2v) is 3.26. The molecule has 0 fully saturated rings. The number of ether oxygens (including phenoxy) is 1. The summed E-state index contributed by atoms with van der Waals surface area (Å²) >= 11 is 0. The van der Waals surface area contributed by atoms with E-state index in [1.165, 1.54) is 0 Å². The molecular formula is C10H12N2O2. The molecule has 1 aromatic rings. The molecule has 0 unspecified atom stereocenters. The lowest BCUT2D eigenvalue weighted by Gasteiger charge is -2.20. The molecular weight excluding hydrogens is 180 g/mol. The number of hydrogen-bond donors (Lipinski definition) is 2. The van der Waals surface area contributed by atoms with Gasteiger partial charge in [-0.2, -0.15) is 0 Å². The molecule has 4 nitrogen and oxygen atoms in total. The van der Waals surface area contributed by atoms with E-state index in [4.69, 9.17) is 10.5 Å². The van der Waals surface area contributed by atoms with Crippen molar-refractivity contribution in [3.63, 3.8) is 0 Å². The Labute approximate surface area is 82.1 Å². The quantitative estimate of drug-likeness (QED) is 0.656. The normalized spacial score (nSPS) is 14.5. The molecule has 14 heavy (non-hydrogen) atoms. The van der Waals surface area contributed by atoms with Crippen LogP contribution in [0.5, 0.6) is 5.75 Å². The van der Waals surface area contributed by atoms with E-state index >= 15 is 0 Å². The topological polar surface area (TPSA) is 64.3 Å². The molecule has 1 aromatic carbocycles. The van der Waals surface area contributed by atoms with Gasteiger partial charge in [-0.15, -0.1) is 0 Å². The second kappa shape index (κ2) is 3.21. The van der Waals surface area contributed by atoms with Crippen LogP contribution in [0.1, 0.15) is 12.0 Å². The first kappa shape index (κ1) is 8.87. The maximum Gasteiger partial charge on any atom is 0.224 e. The largest absolute Gasteiger partial charge is 0.495 e. The van der Waals surface area contributed by atoms with Crippen molar-refractivity contribution in [3.8, 4) is 5.75 Å². The first-order valence-corrected chi connectivity index (χ1v) is 4.47. The van der Waals surface area contributed by atoms with Crippen LogP contribution in [0.3, 0.4) is 0 Å². The highest BCUT2D eigenvalue weighted by Gasteiger charge is 2.20. The van der Waals surface area contributed by atoms with Gasteiger partial charge in [-0.25, -0.2) is 0 Å². The number of methoxy groups -OCH3 is 1. The predicted molar refractivity (Wildman–Crippen MR) is 54.4 cm³/mol. The van der Waals surface area contributed by atoms with E-state index in [-0.39, 0.29) is 5.91 Å². The van der Waals surface area contributed by atoms with Gasteiger partial charge < -0.3 is 15.8 Å². The third kappa shape index (κ3) is 1.28. The summed E-state index contributed by atoms with van der Waals surface area (Å²) in [7, 11) is 1.58. The van der Waals surface area contributed by atoms with Gasteiger partial charge in [0.15, 0.2) is 0 Å². The van der Waals surface area contributed by atoms with Crippen molar-refractivity contribution < 1.29 is 9.53 Å². The average Bonchev–Trinajstić information content (AvgIpc) is 2.18. The summed E-state index contributed by atoms with van der Waals surface area (Å²) < 4.78 is 5.15.